The van der Waals surface area contributed by atoms with Crippen LogP contribution in [0.15, 0.2) is 78.9 Å². The number of carbonyl (C=O) groups is 2. The van der Waals surface area contributed by atoms with Crippen LogP contribution in [0.3, 0.4) is 0 Å². The zero-order valence-corrected chi connectivity index (χ0v) is 17.4. The summed E-state index contributed by atoms with van der Waals surface area (Å²) in [5, 5.41) is 5.82. The van der Waals surface area contributed by atoms with Gasteiger partial charge in [-0.15, -0.1) is 0 Å². The van der Waals surface area contributed by atoms with Crippen LogP contribution in [-0.4, -0.2) is 31.4 Å². The molecule has 0 unspecified atom stereocenters. The summed E-state index contributed by atoms with van der Waals surface area (Å²) in [6, 6.07) is 24.4. The SMILES string of the molecule is CN(CC(=O)Nc1cccc(C(=O)NC2CC2)c1)c1ccc(Oc2ccccc2)cc1. The van der Waals surface area contributed by atoms with Gasteiger partial charge in [0.15, 0.2) is 0 Å². The Morgan fingerprint density at radius 1 is 0.935 bits per heavy atom. The van der Waals surface area contributed by atoms with Crippen molar-refractivity contribution in [3.05, 3.63) is 84.4 Å². The van der Waals surface area contributed by atoms with Gasteiger partial charge >= 0.3 is 0 Å². The van der Waals surface area contributed by atoms with Gasteiger partial charge in [0.2, 0.25) is 5.91 Å². The Kier molecular flexibility index (Phi) is 6.17. The average molecular weight is 415 g/mol. The highest BCUT2D eigenvalue weighted by atomic mass is 16.5. The first-order chi connectivity index (χ1) is 15.1. The Morgan fingerprint density at radius 3 is 2.35 bits per heavy atom. The van der Waals surface area contributed by atoms with Gasteiger partial charge in [-0.05, 0) is 67.4 Å². The number of ether oxygens (including phenoxy) is 1. The molecule has 0 spiro atoms. The van der Waals surface area contributed by atoms with Crippen molar-refractivity contribution < 1.29 is 14.3 Å². The van der Waals surface area contributed by atoms with Crippen molar-refractivity contribution in [2.45, 2.75) is 18.9 Å². The minimum absolute atomic E-state index is 0.103. The molecule has 2 N–H and O–H groups in total. The summed E-state index contributed by atoms with van der Waals surface area (Å²) in [6.07, 6.45) is 2.07. The van der Waals surface area contributed by atoms with E-state index >= 15 is 0 Å². The van der Waals surface area contributed by atoms with Crippen LogP contribution >= 0.6 is 0 Å². The normalized spacial score (nSPS) is 12.7. The predicted octanol–water partition coefficient (Wildman–Crippen LogP) is 4.45. The predicted molar refractivity (Wildman–Crippen MR) is 122 cm³/mol. The lowest BCUT2D eigenvalue weighted by atomic mass is 10.2. The molecule has 158 valence electrons. The minimum atomic E-state index is -0.160. The third-order valence-corrected chi connectivity index (χ3v) is 4.96. The van der Waals surface area contributed by atoms with Gasteiger partial charge < -0.3 is 20.3 Å². The van der Waals surface area contributed by atoms with E-state index in [0.29, 0.717) is 17.3 Å². The fraction of sp³-hybridized carbons (Fsp3) is 0.200. The number of nitrogens with one attached hydrogen (secondary N) is 2. The second-order valence-corrected chi connectivity index (χ2v) is 7.64. The molecule has 0 aliphatic heterocycles. The highest BCUT2D eigenvalue weighted by molar-refractivity contribution is 5.98. The zero-order chi connectivity index (χ0) is 21.6. The Morgan fingerprint density at radius 2 is 1.65 bits per heavy atom. The lowest BCUT2D eigenvalue weighted by Gasteiger charge is -2.19. The van der Waals surface area contributed by atoms with Gasteiger partial charge in [0.25, 0.3) is 5.91 Å². The number of benzene rings is 3. The monoisotopic (exact) mass is 415 g/mol. The van der Waals surface area contributed by atoms with Gasteiger partial charge in [0, 0.05) is 30.0 Å². The number of amides is 2. The maximum Gasteiger partial charge on any atom is 0.251 e. The molecule has 1 aliphatic carbocycles. The highest BCUT2D eigenvalue weighted by Crippen LogP contribution is 2.24. The highest BCUT2D eigenvalue weighted by Gasteiger charge is 2.23. The molecule has 0 aromatic heterocycles. The van der Waals surface area contributed by atoms with Crippen molar-refractivity contribution in [1.29, 1.82) is 0 Å². The van der Waals surface area contributed by atoms with E-state index in [1.165, 1.54) is 0 Å². The molecule has 6 nitrogen and oxygen atoms in total. The second-order valence-electron chi connectivity index (χ2n) is 7.64. The molecule has 2 amide bonds. The van der Waals surface area contributed by atoms with E-state index in [1.807, 2.05) is 66.5 Å². The third kappa shape index (κ3) is 5.85. The molecule has 6 heteroatoms. The van der Waals surface area contributed by atoms with E-state index < -0.39 is 0 Å². The summed E-state index contributed by atoms with van der Waals surface area (Å²) in [5.41, 5.74) is 2.05. The van der Waals surface area contributed by atoms with Crippen LogP contribution in [-0.2, 0) is 4.79 Å². The van der Waals surface area contributed by atoms with Crippen molar-refractivity contribution in [3.63, 3.8) is 0 Å². The molecular weight excluding hydrogens is 390 g/mol. The van der Waals surface area contributed by atoms with Crippen LogP contribution in [0.4, 0.5) is 11.4 Å². The lowest BCUT2D eigenvalue weighted by molar-refractivity contribution is -0.114. The van der Waals surface area contributed by atoms with E-state index in [-0.39, 0.29) is 18.4 Å². The summed E-state index contributed by atoms with van der Waals surface area (Å²) in [4.78, 5) is 26.5. The molecule has 1 fully saturated rings. The largest absolute Gasteiger partial charge is 0.457 e. The first-order valence-electron chi connectivity index (χ1n) is 10.3. The minimum Gasteiger partial charge on any atom is -0.457 e. The first kappa shape index (κ1) is 20.5. The molecule has 31 heavy (non-hydrogen) atoms. The van der Waals surface area contributed by atoms with Crippen LogP contribution in [0.2, 0.25) is 0 Å². The molecule has 4 rings (SSSR count). The Bertz CT molecular complexity index is 1050. The van der Waals surface area contributed by atoms with Gasteiger partial charge in [-0.2, -0.15) is 0 Å². The van der Waals surface area contributed by atoms with E-state index in [1.54, 1.807) is 24.3 Å². The number of nitrogens with zero attached hydrogens (tertiary/aromatic N) is 1. The van der Waals surface area contributed by atoms with Crippen LogP contribution < -0.4 is 20.3 Å². The van der Waals surface area contributed by atoms with Crippen LogP contribution in [0.5, 0.6) is 11.5 Å². The molecule has 0 saturated heterocycles. The Balaban J connectivity index is 1.31. The quantitative estimate of drug-likeness (QED) is 0.570. The van der Waals surface area contributed by atoms with Crippen molar-refractivity contribution >= 4 is 23.2 Å². The number of rotatable bonds is 8. The standard InChI is InChI=1S/C25H25N3O3/c1-28(21-12-14-23(15-13-21)31-22-8-3-2-4-9-22)17-24(29)26-20-7-5-6-18(16-20)25(30)27-19-10-11-19/h2-9,12-16,19H,10-11,17H2,1H3,(H,26,29)(H,27,30). The second kappa shape index (κ2) is 9.34. The topological polar surface area (TPSA) is 70.7 Å². The molecule has 0 bridgehead atoms. The van der Waals surface area contributed by atoms with Crippen LogP contribution in [0.25, 0.3) is 0 Å². The molecule has 3 aromatic carbocycles. The zero-order valence-electron chi connectivity index (χ0n) is 17.4. The summed E-state index contributed by atoms with van der Waals surface area (Å²) in [7, 11) is 1.85. The smallest absolute Gasteiger partial charge is 0.251 e. The van der Waals surface area contributed by atoms with E-state index in [4.69, 9.17) is 4.74 Å². The van der Waals surface area contributed by atoms with Gasteiger partial charge in [0.05, 0.1) is 6.54 Å². The maximum atomic E-state index is 12.5. The van der Waals surface area contributed by atoms with Crippen LogP contribution in [0.1, 0.15) is 23.2 Å². The molecular formula is C25H25N3O3. The number of anilines is 2. The molecule has 1 aliphatic rings. The molecule has 0 heterocycles. The lowest BCUT2D eigenvalue weighted by Crippen LogP contribution is -2.30. The summed E-state index contributed by atoms with van der Waals surface area (Å²) in [6.45, 7) is 0.178. The van der Waals surface area contributed by atoms with E-state index in [0.717, 1.165) is 30.0 Å². The number of carbonyl (C=O) groups excluding carboxylic acids is 2. The number of hydrogen-bond acceptors (Lipinski definition) is 4. The molecule has 3 aromatic rings. The van der Waals surface area contributed by atoms with Crippen molar-refractivity contribution in [2.75, 3.05) is 23.8 Å². The number of para-hydroxylation sites is 1. The van der Waals surface area contributed by atoms with Gasteiger partial charge in [-0.25, -0.2) is 0 Å². The Hall–Kier alpha value is -3.80. The molecule has 1 saturated carbocycles. The summed E-state index contributed by atoms with van der Waals surface area (Å²) < 4.78 is 5.80. The number of likely N-dealkylation sites (N-methyl/N-ethyl adjacent to an activating group) is 1. The average Bonchev–Trinajstić information content (AvgIpc) is 3.59. The fourth-order valence-corrected chi connectivity index (χ4v) is 3.14. The first-order valence-corrected chi connectivity index (χ1v) is 10.3. The maximum absolute atomic E-state index is 12.5. The van der Waals surface area contributed by atoms with Gasteiger partial charge in [-0.1, -0.05) is 24.3 Å². The van der Waals surface area contributed by atoms with Crippen molar-refractivity contribution in [1.82, 2.24) is 5.32 Å². The van der Waals surface area contributed by atoms with Gasteiger partial charge in [0.1, 0.15) is 11.5 Å². The van der Waals surface area contributed by atoms with Crippen molar-refractivity contribution in [3.8, 4) is 11.5 Å². The summed E-state index contributed by atoms with van der Waals surface area (Å²) >= 11 is 0. The molecule has 0 radical (unpaired) electrons. The van der Waals surface area contributed by atoms with Gasteiger partial charge in [-0.3, -0.25) is 9.59 Å². The van der Waals surface area contributed by atoms with E-state index in [2.05, 4.69) is 10.6 Å². The third-order valence-electron chi connectivity index (χ3n) is 4.96. The fourth-order valence-electron chi connectivity index (χ4n) is 3.14. The Labute approximate surface area is 181 Å². The van der Waals surface area contributed by atoms with Crippen molar-refractivity contribution in [2.24, 2.45) is 0 Å². The summed E-state index contributed by atoms with van der Waals surface area (Å²) in [5.74, 6) is 1.24. The van der Waals surface area contributed by atoms with E-state index in [9.17, 15) is 9.59 Å². The number of hydrogen-bond donors (Lipinski definition) is 2. The van der Waals surface area contributed by atoms with Crippen LogP contribution in [0, 0.1) is 0 Å². The molecule has 0 atom stereocenters.